The fourth-order valence-electron chi connectivity index (χ4n) is 0.303. The molecule has 0 aliphatic rings. The molecule has 0 saturated heterocycles. The summed E-state index contributed by atoms with van der Waals surface area (Å²) < 4.78 is 0. The molecule has 0 fully saturated rings. The first-order valence-electron chi connectivity index (χ1n) is 2.52. The number of aliphatic carboxylic acids is 1. The molecule has 0 amide bonds. The SMILES string of the molecule is C=CC=N/C(=C\N)C(=O)O. The minimum atomic E-state index is -1.15. The Labute approximate surface area is 58.4 Å². The maximum atomic E-state index is 10.1. The molecule has 0 aliphatic heterocycles. The van der Waals surface area contributed by atoms with Gasteiger partial charge in [-0.05, 0) is 0 Å². The maximum absolute atomic E-state index is 10.1. The molecule has 0 radical (unpaired) electrons. The minimum absolute atomic E-state index is 0.195. The smallest absolute Gasteiger partial charge is 0.355 e. The van der Waals surface area contributed by atoms with Gasteiger partial charge >= 0.3 is 5.97 Å². The van der Waals surface area contributed by atoms with Crippen molar-refractivity contribution in [1.29, 1.82) is 0 Å². The second-order valence-corrected chi connectivity index (χ2v) is 1.37. The Hall–Kier alpha value is -1.58. The van der Waals surface area contributed by atoms with Crippen LogP contribution in [0, 0.1) is 0 Å². The van der Waals surface area contributed by atoms with Crippen LogP contribution in [0.15, 0.2) is 29.5 Å². The average Bonchev–Trinajstić information content (AvgIpc) is 1.89. The van der Waals surface area contributed by atoms with E-state index < -0.39 is 5.97 Å². The Kier molecular flexibility index (Phi) is 3.63. The third-order valence-electron chi connectivity index (χ3n) is 0.696. The van der Waals surface area contributed by atoms with Crippen LogP contribution < -0.4 is 5.73 Å². The van der Waals surface area contributed by atoms with Crippen LogP contribution in [0.3, 0.4) is 0 Å². The second kappa shape index (κ2) is 4.31. The van der Waals surface area contributed by atoms with Crippen LogP contribution in [-0.2, 0) is 4.79 Å². The molecule has 54 valence electrons. The molecule has 0 rings (SSSR count). The highest BCUT2D eigenvalue weighted by molar-refractivity contribution is 5.89. The predicted molar refractivity (Wildman–Crippen MR) is 38.6 cm³/mol. The minimum Gasteiger partial charge on any atom is -0.476 e. The molecule has 0 bridgehead atoms. The number of hydrogen-bond acceptors (Lipinski definition) is 3. The maximum Gasteiger partial charge on any atom is 0.355 e. The van der Waals surface area contributed by atoms with E-state index in [1.54, 1.807) is 0 Å². The standard InChI is InChI=1S/C6H8N2O2/c1-2-3-8-5(4-7)6(9)10/h2-4H,1,7H2,(H,9,10)/b5-4-,8-3?. The van der Waals surface area contributed by atoms with E-state index in [0.717, 1.165) is 6.20 Å². The van der Waals surface area contributed by atoms with Crippen LogP contribution in [0.25, 0.3) is 0 Å². The molecule has 10 heavy (non-hydrogen) atoms. The summed E-state index contributed by atoms with van der Waals surface area (Å²) in [7, 11) is 0. The highest BCUT2D eigenvalue weighted by Gasteiger charge is 2.00. The third-order valence-corrected chi connectivity index (χ3v) is 0.696. The summed E-state index contributed by atoms with van der Waals surface area (Å²) in [5.74, 6) is -1.15. The first-order valence-corrected chi connectivity index (χ1v) is 2.52. The summed E-state index contributed by atoms with van der Waals surface area (Å²) in [6.45, 7) is 3.32. The van der Waals surface area contributed by atoms with Crippen molar-refractivity contribution in [3.63, 3.8) is 0 Å². The summed E-state index contributed by atoms with van der Waals surface area (Å²) in [5.41, 5.74) is 4.73. The molecule has 0 aromatic heterocycles. The van der Waals surface area contributed by atoms with Crippen molar-refractivity contribution < 1.29 is 9.90 Å². The molecule has 0 heterocycles. The highest BCUT2D eigenvalue weighted by Crippen LogP contribution is 1.91. The third kappa shape index (κ3) is 2.66. The Balaban J connectivity index is 4.25. The largest absolute Gasteiger partial charge is 0.476 e. The van der Waals surface area contributed by atoms with Crippen molar-refractivity contribution in [2.75, 3.05) is 0 Å². The van der Waals surface area contributed by atoms with Gasteiger partial charge in [0.25, 0.3) is 0 Å². The first-order chi connectivity index (χ1) is 4.72. The molecule has 0 aliphatic carbocycles. The zero-order valence-corrected chi connectivity index (χ0v) is 5.32. The quantitative estimate of drug-likeness (QED) is 0.432. The fraction of sp³-hybridized carbons (Fsp3) is 0. The number of aliphatic imine (C=N–C) groups is 1. The number of carbonyl (C=O) groups is 1. The van der Waals surface area contributed by atoms with E-state index in [2.05, 4.69) is 11.6 Å². The fourth-order valence-corrected chi connectivity index (χ4v) is 0.303. The molecule has 3 N–H and O–H groups in total. The van der Waals surface area contributed by atoms with Crippen molar-refractivity contribution >= 4 is 12.2 Å². The van der Waals surface area contributed by atoms with Gasteiger partial charge in [-0.3, -0.25) is 0 Å². The van der Waals surface area contributed by atoms with Crippen molar-refractivity contribution in [3.05, 3.63) is 24.6 Å². The molecule has 0 aromatic carbocycles. The second-order valence-electron chi connectivity index (χ2n) is 1.37. The van der Waals surface area contributed by atoms with Crippen molar-refractivity contribution in [3.8, 4) is 0 Å². The lowest BCUT2D eigenvalue weighted by molar-refractivity contribution is -0.132. The molecule has 0 saturated carbocycles. The number of nitrogens with zero attached hydrogens (tertiary/aromatic N) is 1. The summed E-state index contributed by atoms with van der Waals surface area (Å²) >= 11 is 0. The Morgan fingerprint density at radius 2 is 2.30 bits per heavy atom. The van der Waals surface area contributed by atoms with E-state index in [1.165, 1.54) is 12.3 Å². The van der Waals surface area contributed by atoms with Crippen molar-refractivity contribution in [2.24, 2.45) is 10.7 Å². The van der Waals surface area contributed by atoms with E-state index in [9.17, 15) is 4.79 Å². The number of allylic oxidation sites excluding steroid dienone is 1. The lowest BCUT2D eigenvalue weighted by Crippen LogP contribution is -2.00. The number of nitrogens with two attached hydrogens (primary N) is 1. The molecule has 0 atom stereocenters. The predicted octanol–water partition coefficient (Wildman–Crippen LogP) is 0.128. The summed E-state index contributed by atoms with van der Waals surface area (Å²) in [6, 6.07) is 0. The molecule has 0 spiro atoms. The zero-order chi connectivity index (χ0) is 7.98. The van der Waals surface area contributed by atoms with Gasteiger partial charge in [0.15, 0.2) is 5.70 Å². The average molecular weight is 140 g/mol. The number of rotatable bonds is 3. The van der Waals surface area contributed by atoms with Crippen molar-refractivity contribution in [1.82, 2.24) is 0 Å². The van der Waals surface area contributed by atoms with Gasteiger partial charge in [-0.2, -0.15) is 0 Å². The van der Waals surface area contributed by atoms with Crippen LogP contribution in [0.1, 0.15) is 0 Å². The topological polar surface area (TPSA) is 75.7 Å². The summed E-state index contributed by atoms with van der Waals surface area (Å²) in [4.78, 5) is 13.6. The summed E-state index contributed by atoms with van der Waals surface area (Å²) in [5, 5.41) is 8.30. The molecular weight excluding hydrogens is 132 g/mol. The lowest BCUT2D eigenvalue weighted by Gasteiger charge is -1.88. The van der Waals surface area contributed by atoms with E-state index in [0.29, 0.717) is 0 Å². The number of carboxylic acid groups (broad SMARTS) is 1. The van der Waals surface area contributed by atoms with Crippen molar-refractivity contribution in [2.45, 2.75) is 0 Å². The molecule has 0 unspecified atom stereocenters. The van der Waals surface area contributed by atoms with Crippen LogP contribution >= 0.6 is 0 Å². The number of hydrogen-bond donors (Lipinski definition) is 2. The van der Waals surface area contributed by atoms with Crippen LogP contribution in [0.2, 0.25) is 0 Å². The molecule has 4 nitrogen and oxygen atoms in total. The Morgan fingerprint density at radius 3 is 2.60 bits per heavy atom. The van der Waals surface area contributed by atoms with E-state index in [1.807, 2.05) is 0 Å². The Bertz CT molecular complexity index is 194. The van der Waals surface area contributed by atoms with Gasteiger partial charge in [0.1, 0.15) is 0 Å². The summed E-state index contributed by atoms with van der Waals surface area (Å²) in [6.07, 6.45) is 3.54. The highest BCUT2D eigenvalue weighted by atomic mass is 16.4. The van der Waals surface area contributed by atoms with Gasteiger partial charge in [-0.1, -0.05) is 12.7 Å². The van der Waals surface area contributed by atoms with E-state index in [4.69, 9.17) is 10.8 Å². The van der Waals surface area contributed by atoms with Crippen LogP contribution in [0.4, 0.5) is 0 Å². The van der Waals surface area contributed by atoms with Gasteiger partial charge in [-0.25, -0.2) is 9.79 Å². The van der Waals surface area contributed by atoms with Gasteiger partial charge in [0, 0.05) is 12.4 Å². The zero-order valence-electron chi connectivity index (χ0n) is 5.32. The lowest BCUT2D eigenvalue weighted by atomic mass is 10.5. The monoisotopic (exact) mass is 140 g/mol. The van der Waals surface area contributed by atoms with E-state index >= 15 is 0 Å². The van der Waals surface area contributed by atoms with Gasteiger partial charge in [0.05, 0.1) is 0 Å². The van der Waals surface area contributed by atoms with Gasteiger partial charge < -0.3 is 10.8 Å². The van der Waals surface area contributed by atoms with E-state index in [-0.39, 0.29) is 5.70 Å². The van der Waals surface area contributed by atoms with Crippen LogP contribution in [-0.4, -0.2) is 17.3 Å². The van der Waals surface area contributed by atoms with Crippen LogP contribution in [0.5, 0.6) is 0 Å². The first kappa shape index (κ1) is 8.42. The number of carboxylic acids is 1. The Morgan fingerprint density at radius 1 is 1.70 bits per heavy atom. The van der Waals surface area contributed by atoms with Gasteiger partial charge in [-0.15, -0.1) is 0 Å². The molecular formula is C6H8N2O2. The molecule has 0 aromatic rings. The molecule has 4 heteroatoms. The normalized spacial score (nSPS) is 11.8. The van der Waals surface area contributed by atoms with Gasteiger partial charge in [0.2, 0.25) is 0 Å².